The standard InChI is InChI=1S/C25H31F3O2/c1-3-5-6-7-8-17-9-10-18(15-22(17)26)20-12-13-21(25(28)24(20)27)19-11-14-23(29-4-2)30-16-19/h9-10,12-13,15,19,23H,3-8,11,14,16H2,1-2H3. The van der Waals surface area contributed by atoms with Crippen LogP contribution in [0.4, 0.5) is 13.2 Å². The monoisotopic (exact) mass is 420 g/mol. The molecule has 0 spiro atoms. The average Bonchev–Trinajstić information content (AvgIpc) is 2.75. The number of rotatable bonds is 9. The van der Waals surface area contributed by atoms with Crippen molar-refractivity contribution in [3.05, 3.63) is 58.9 Å². The fourth-order valence-electron chi connectivity index (χ4n) is 4.05. The zero-order valence-corrected chi connectivity index (χ0v) is 17.9. The third-order valence-electron chi connectivity index (χ3n) is 5.80. The Hall–Kier alpha value is -1.85. The van der Waals surface area contributed by atoms with Crippen LogP contribution >= 0.6 is 0 Å². The van der Waals surface area contributed by atoms with Crippen molar-refractivity contribution in [3.63, 3.8) is 0 Å². The van der Waals surface area contributed by atoms with Gasteiger partial charge >= 0.3 is 0 Å². The minimum absolute atomic E-state index is 0.0802. The molecule has 2 nitrogen and oxygen atoms in total. The highest BCUT2D eigenvalue weighted by molar-refractivity contribution is 5.65. The summed E-state index contributed by atoms with van der Waals surface area (Å²) in [4.78, 5) is 0. The van der Waals surface area contributed by atoms with Crippen LogP contribution in [0.5, 0.6) is 0 Å². The Morgan fingerprint density at radius 1 is 0.967 bits per heavy atom. The first-order valence-corrected chi connectivity index (χ1v) is 11.0. The summed E-state index contributed by atoms with van der Waals surface area (Å²) in [7, 11) is 0. The number of benzene rings is 2. The van der Waals surface area contributed by atoms with Gasteiger partial charge in [0.05, 0.1) is 6.61 Å². The van der Waals surface area contributed by atoms with Gasteiger partial charge in [0, 0.05) is 18.1 Å². The summed E-state index contributed by atoms with van der Waals surface area (Å²) in [6.45, 7) is 4.88. The molecule has 164 valence electrons. The third kappa shape index (κ3) is 5.44. The van der Waals surface area contributed by atoms with Crippen molar-refractivity contribution in [2.75, 3.05) is 13.2 Å². The number of hydrogen-bond donors (Lipinski definition) is 0. The predicted molar refractivity (Wildman–Crippen MR) is 113 cm³/mol. The van der Waals surface area contributed by atoms with Gasteiger partial charge in [0.25, 0.3) is 0 Å². The quantitative estimate of drug-likeness (QED) is 0.401. The maximum absolute atomic E-state index is 14.9. The molecule has 0 N–H and O–H groups in total. The molecule has 1 aliphatic heterocycles. The van der Waals surface area contributed by atoms with Gasteiger partial charge in [-0.1, -0.05) is 50.5 Å². The third-order valence-corrected chi connectivity index (χ3v) is 5.80. The average molecular weight is 421 g/mol. The molecule has 0 saturated carbocycles. The summed E-state index contributed by atoms with van der Waals surface area (Å²) in [5.74, 6) is -2.39. The molecule has 5 heteroatoms. The Morgan fingerprint density at radius 2 is 1.80 bits per heavy atom. The number of unbranched alkanes of at least 4 members (excludes halogenated alkanes) is 3. The Balaban J connectivity index is 1.73. The van der Waals surface area contributed by atoms with Crippen molar-refractivity contribution >= 4 is 0 Å². The molecular weight excluding hydrogens is 389 g/mol. The molecule has 3 rings (SSSR count). The molecule has 1 saturated heterocycles. The van der Waals surface area contributed by atoms with E-state index in [4.69, 9.17) is 9.47 Å². The highest BCUT2D eigenvalue weighted by Crippen LogP contribution is 2.34. The van der Waals surface area contributed by atoms with Gasteiger partial charge in [-0.05, 0) is 55.4 Å². The molecular formula is C25H31F3O2. The molecule has 1 aliphatic rings. The first-order chi connectivity index (χ1) is 14.5. The van der Waals surface area contributed by atoms with Crippen LogP contribution in [0.25, 0.3) is 11.1 Å². The van der Waals surface area contributed by atoms with Crippen molar-refractivity contribution in [2.24, 2.45) is 0 Å². The Labute approximate surface area is 177 Å². The van der Waals surface area contributed by atoms with Gasteiger partial charge in [-0.25, -0.2) is 13.2 Å². The fraction of sp³-hybridized carbons (Fsp3) is 0.520. The second kappa shape index (κ2) is 11.0. The van der Waals surface area contributed by atoms with Crippen LogP contribution in [0, 0.1) is 17.5 Å². The van der Waals surface area contributed by atoms with E-state index in [1.165, 1.54) is 12.1 Å². The van der Waals surface area contributed by atoms with Crippen molar-refractivity contribution in [1.82, 2.24) is 0 Å². The molecule has 0 aliphatic carbocycles. The van der Waals surface area contributed by atoms with E-state index < -0.39 is 11.6 Å². The second-order valence-electron chi connectivity index (χ2n) is 7.94. The van der Waals surface area contributed by atoms with Gasteiger partial charge < -0.3 is 9.47 Å². The highest BCUT2D eigenvalue weighted by atomic mass is 19.2. The maximum atomic E-state index is 14.9. The van der Waals surface area contributed by atoms with E-state index in [2.05, 4.69) is 6.92 Å². The maximum Gasteiger partial charge on any atom is 0.166 e. The zero-order chi connectivity index (χ0) is 21.5. The van der Waals surface area contributed by atoms with E-state index in [0.717, 1.165) is 25.7 Å². The summed E-state index contributed by atoms with van der Waals surface area (Å²) in [6, 6.07) is 7.80. The summed E-state index contributed by atoms with van der Waals surface area (Å²) in [5.41, 5.74) is 1.36. The molecule has 1 heterocycles. The van der Waals surface area contributed by atoms with E-state index in [-0.39, 0.29) is 23.6 Å². The van der Waals surface area contributed by atoms with E-state index in [1.807, 2.05) is 6.92 Å². The molecule has 0 amide bonds. The fourth-order valence-corrected chi connectivity index (χ4v) is 4.05. The van der Waals surface area contributed by atoms with Crippen molar-refractivity contribution in [2.45, 2.75) is 71.0 Å². The molecule has 2 atom stereocenters. The number of aryl methyl sites for hydroxylation is 1. The van der Waals surface area contributed by atoms with Crippen LogP contribution < -0.4 is 0 Å². The van der Waals surface area contributed by atoms with Crippen LogP contribution in [-0.2, 0) is 15.9 Å². The molecule has 1 fully saturated rings. The van der Waals surface area contributed by atoms with E-state index >= 15 is 0 Å². The summed E-state index contributed by atoms with van der Waals surface area (Å²) >= 11 is 0. The van der Waals surface area contributed by atoms with Crippen LogP contribution in [0.3, 0.4) is 0 Å². The van der Waals surface area contributed by atoms with E-state index in [1.54, 1.807) is 18.2 Å². The smallest absolute Gasteiger partial charge is 0.166 e. The van der Waals surface area contributed by atoms with Gasteiger partial charge in [0.2, 0.25) is 0 Å². The van der Waals surface area contributed by atoms with Crippen molar-refractivity contribution in [1.29, 1.82) is 0 Å². The molecule has 0 aromatic heterocycles. The predicted octanol–water partition coefficient (Wildman–Crippen LogP) is 7.15. The molecule has 0 radical (unpaired) electrons. The number of ether oxygens (including phenoxy) is 2. The lowest BCUT2D eigenvalue weighted by Gasteiger charge is -2.29. The van der Waals surface area contributed by atoms with Crippen LogP contribution in [0.1, 0.15) is 69.4 Å². The molecule has 2 aromatic carbocycles. The first-order valence-electron chi connectivity index (χ1n) is 11.0. The van der Waals surface area contributed by atoms with Gasteiger partial charge in [-0.2, -0.15) is 0 Å². The topological polar surface area (TPSA) is 18.5 Å². The lowest BCUT2D eigenvalue weighted by molar-refractivity contribution is -0.164. The van der Waals surface area contributed by atoms with E-state index in [0.29, 0.717) is 49.2 Å². The summed E-state index contributed by atoms with van der Waals surface area (Å²) in [5, 5.41) is 0. The Bertz CT molecular complexity index is 829. The van der Waals surface area contributed by atoms with Crippen molar-refractivity contribution < 1.29 is 22.6 Å². The normalized spacial score (nSPS) is 19.2. The van der Waals surface area contributed by atoms with Crippen LogP contribution in [-0.4, -0.2) is 19.5 Å². The minimum atomic E-state index is -0.936. The van der Waals surface area contributed by atoms with Gasteiger partial charge in [-0.3, -0.25) is 0 Å². The molecule has 0 bridgehead atoms. The van der Waals surface area contributed by atoms with Crippen LogP contribution in [0.15, 0.2) is 30.3 Å². The second-order valence-corrected chi connectivity index (χ2v) is 7.94. The van der Waals surface area contributed by atoms with Gasteiger partial charge in [-0.15, -0.1) is 0 Å². The molecule has 2 aromatic rings. The van der Waals surface area contributed by atoms with Crippen molar-refractivity contribution in [3.8, 4) is 11.1 Å². The van der Waals surface area contributed by atoms with Gasteiger partial charge in [0.15, 0.2) is 17.9 Å². The first kappa shape index (κ1) is 22.8. The van der Waals surface area contributed by atoms with Gasteiger partial charge in [0.1, 0.15) is 5.82 Å². The lowest BCUT2D eigenvalue weighted by Crippen LogP contribution is -2.27. The Morgan fingerprint density at radius 3 is 2.47 bits per heavy atom. The lowest BCUT2D eigenvalue weighted by atomic mass is 9.90. The van der Waals surface area contributed by atoms with E-state index in [9.17, 15) is 13.2 Å². The summed E-state index contributed by atoms with van der Waals surface area (Å²) < 4.78 is 55.2. The van der Waals surface area contributed by atoms with Crippen LogP contribution in [0.2, 0.25) is 0 Å². The minimum Gasteiger partial charge on any atom is -0.353 e. The number of hydrogen-bond acceptors (Lipinski definition) is 2. The Kier molecular flexibility index (Phi) is 8.34. The zero-order valence-electron chi connectivity index (χ0n) is 17.9. The SMILES string of the molecule is CCCCCCc1ccc(-c2ccc(C3CCC(OCC)OC3)c(F)c2F)cc1F. The summed E-state index contributed by atoms with van der Waals surface area (Å²) in [6.07, 6.45) is 5.95. The molecule has 2 unspecified atom stereocenters. The molecule has 30 heavy (non-hydrogen) atoms. The number of halogens is 3. The largest absolute Gasteiger partial charge is 0.353 e. The highest BCUT2D eigenvalue weighted by Gasteiger charge is 2.27.